The van der Waals surface area contributed by atoms with E-state index in [-0.39, 0.29) is 12.8 Å². The van der Waals surface area contributed by atoms with E-state index in [9.17, 15) is 22.8 Å². The van der Waals surface area contributed by atoms with E-state index < -0.39 is 47.6 Å². The van der Waals surface area contributed by atoms with Gasteiger partial charge in [0.25, 0.3) is 0 Å². The van der Waals surface area contributed by atoms with E-state index >= 15 is 0 Å². The molecule has 0 N–H and O–H groups in total. The number of ether oxygens (including phenoxy) is 2. The van der Waals surface area contributed by atoms with Crippen molar-refractivity contribution in [2.24, 2.45) is 17.8 Å². The molecule has 1 aliphatic heterocycles. The summed E-state index contributed by atoms with van der Waals surface area (Å²) in [5, 5.41) is 0. The molecule has 19 heavy (non-hydrogen) atoms. The van der Waals surface area contributed by atoms with Crippen molar-refractivity contribution in [2.75, 3.05) is 0 Å². The molecule has 0 aromatic heterocycles. The van der Waals surface area contributed by atoms with Gasteiger partial charge >= 0.3 is 18.1 Å². The Morgan fingerprint density at radius 1 is 1.47 bits per heavy atom. The van der Waals surface area contributed by atoms with Crippen LogP contribution in [0.2, 0.25) is 0 Å². The van der Waals surface area contributed by atoms with Gasteiger partial charge < -0.3 is 9.47 Å². The number of hydrogen-bond acceptors (Lipinski definition) is 4. The molecular formula is C12H11F3O4. The van der Waals surface area contributed by atoms with Crippen molar-refractivity contribution in [3.63, 3.8) is 0 Å². The van der Waals surface area contributed by atoms with Gasteiger partial charge in [-0.3, -0.25) is 4.79 Å². The van der Waals surface area contributed by atoms with Gasteiger partial charge in [-0.25, -0.2) is 4.79 Å². The van der Waals surface area contributed by atoms with Crippen molar-refractivity contribution in [3.8, 4) is 0 Å². The molecule has 0 amide bonds. The van der Waals surface area contributed by atoms with Crippen LogP contribution in [0.25, 0.3) is 0 Å². The first-order valence-corrected chi connectivity index (χ1v) is 5.94. The fourth-order valence-electron chi connectivity index (χ4n) is 3.76. The highest BCUT2D eigenvalue weighted by atomic mass is 19.4. The van der Waals surface area contributed by atoms with Gasteiger partial charge in [0.05, 0.1) is 5.92 Å². The zero-order valence-corrected chi connectivity index (χ0v) is 9.77. The monoisotopic (exact) mass is 276 g/mol. The summed E-state index contributed by atoms with van der Waals surface area (Å²) in [6, 6.07) is 0. The quantitative estimate of drug-likeness (QED) is 0.568. The lowest BCUT2D eigenvalue weighted by Crippen LogP contribution is -2.60. The van der Waals surface area contributed by atoms with Gasteiger partial charge in [-0.05, 0) is 12.8 Å². The van der Waals surface area contributed by atoms with E-state index in [1.165, 1.54) is 0 Å². The smallest absolute Gasteiger partial charge is 0.432 e. The highest BCUT2D eigenvalue weighted by Gasteiger charge is 2.80. The highest BCUT2D eigenvalue weighted by molar-refractivity contribution is 5.82. The van der Waals surface area contributed by atoms with Crippen LogP contribution in [0.3, 0.4) is 0 Å². The molecule has 3 rings (SSSR count). The SMILES string of the molecule is C=CC(=O)OC1(C(F)(F)F)C2CC3C(=O)OC1C3C2. The van der Waals surface area contributed by atoms with E-state index in [1.807, 2.05) is 0 Å². The van der Waals surface area contributed by atoms with Gasteiger partial charge in [-0.1, -0.05) is 6.58 Å². The van der Waals surface area contributed by atoms with Crippen LogP contribution in [0, 0.1) is 17.8 Å². The molecular weight excluding hydrogens is 265 g/mol. The maximum absolute atomic E-state index is 13.5. The summed E-state index contributed by atoms with van der Waals surface area (Å²) in [5.74, 6) is -3.66. The van der Waals surface area contributed by atoms with Gasteiger partial charge in [0.2, 0.25) is 5.60 Å². The maximum atomic E-state index is 13.5. The van der Waals surface area contributed by atoms with Crippen LogP contribution in [0.5, 0.6) is 0 Å². The van der Waals surface area contributed by atoms with Crippen molar-refractivity contribution >= 4 is 11.9 Å². The average molecular weight is 276 g/mol. The normalized spacial score (nSPS) is 43.2. The minimum atomic E-state index is -4.77. The zero-order valence-electron chi connectivity index (χ0n) is 9.77. The zero-order chi connectivity index (χ0) is 14.0. The highest BCUT2D eigenvalue weighted by Crippen LogP contribution is 2.64. The van der Waals surface area contributed by atoms with E-state index in [4.69, 9.17) is 4.74 Å². The van der Waals surface area contributed by atoms with Crippen molar-refractivity contribution in [2.45, 2.75) is 30.7 Å². The number of halogens is 3. The largest absolute Gasteiger partial charge is 0.457 e. The summed E-state index contributed by atoms with van der Waals surface area (Å²) < 4.78 is 49.9. The topological polar surface area (TPSA) is 52.6 Å². The Hall–Kier alpha value is -1.53. The maximum Gasteiger partial charge on any atom is 0.432 e. The second kappa shape index (κ2) is 3.52. The molecule has 7 heteroatoms. The number of hydrogen-bond donors (Lipinski definition) is 0. The van der Waals surface area contributed by atoms with E-state index in [0.29, 0.717) is 6.08 Å². The Labute approximate surface area is 106 Å². The van der Waals surface area contributed by atoms with Gasteiger partial charge in [0.1, 0.15) is 0 Å². The van der Waals surface area contributed by atoms with Gasteiger partial charge in [0, 0.05) is 17.9 Å². The summed E-state index contributed by atoms with van der Waals surface area (Å²) in [4.78, 5) is 22.8. The van der Waals surface area contributed by atoms with Crippen LogP contribution in [0.1, 0.15) is 12.8 Å². The third kappa shape index (κ3) is 1.35. The minimum absolute atomic E-state index is 0.0595. The first kappa shape index (κ1) is 12.5. The summed E-state index contributed by atoms with van der Waals surface area (Å²) in [7, 11) is 0. The summed E-state index contributed by atoms with van der Waals surface area (Å²) in [6.45, 7) is 3.10. The summed E-state index contributed by atoms with van der Waals surface area (Å²) >= 11 is 0. The lowest BCUT2D eigenvalue weighted by molar-refractivity contribution is -0.304. The average Bonchev–Trinajstić information content (AvgIpc) is 2.91. The van der Waals surface area contributed by atoms with Crippen LogP contribution in [-0.2, 0) is 19.1 Å². The molecule has 0 aromatic carbocycles. The van der Waals surface area contributed by atoms with Crippen LogP contribution >= 0.6 is 0 Å². The van der Waals surface area contributed by atoms with E-state index in [0.717, 1.165) is 0 Å². The van der Waals surface area contributed by atoms with Crippen LogP contribution in [0.15, 0.2) is 12.7 Å². The predicted molar refractivity (Wildman–Crippen MR) is 54.7 cm³/mol. The van der Waals surface area contributed by atoms with Crippen molar-refractivity contribution in [1.29, 1.82) is 0 Å². The Morgan fingerprint density at radius 2 is 2.16 bits per heavy atom. The molecule has 1 heterocycles. The van der Waals surface area contributed by atoms with Crippen molar-refractivity contribution in [1.82, 2.24) is 0 Å². The molecule has 1 saturated heterocycles. The molecule has 5 atom stereocenters. The first-order valence-electron chi connectivity index (χ1n) is 5.94. The minimum Gasteiger partial charge on any atom is -0.457 e. The van der Waals surface area contributed by atoms with Crippen molar-refractivity contribution in [3.05, 3.63) is 12.7 Å². The lowest BCUT2D eigenvalue weighted by atomic mass is 9.78. The molecule has 2 bridgehead atoms. The number of carbonyl (C=O) groups excluding carboxylic acids is 2. The predicted octanol–water partition coefficient (Wildman–Crippen LogP) is 1.60. The molecule has 2 aliphatic carbocycles. The fourth-order valence-corrected chi connectivity index (χ4v) is 3.76. The third-order valence-corrected chi connectivity index (χ3v) is 4.46. The standard InChI is InChI=1S/C12H11F3O4/c1-2-8(16)19-11(12(13,14)15)5-3-6-7(4-5)10(17)18-9(6)11/h2,5-7,9H,1,3-4H2. The molecule has 3 aliphatic rings. The molecule has 0 radical (unpaired) electrons. The summed E-state index contributed by atoms with van der Waals surface area (Å²) in [5.41, 5.74) is -2.70. The Morgan fingerprint density at radius 3 is 2.74 bits per heavy atom. The molecule has 4 nitrogen and oxygen atoms in total. The molecule has 3 fully saturated rings. The van der Waals surface area contributed by atoms with Crippen LogP contribution < -0.4 is 0 Å². The summed E-state index contributed by atoms with van der Waals surface area (Å²) in [6.07, 6.45) is -5.23. The second-order valence-corrected chi connectivity index (χ2v) is 5.21. The van der Waals surface area contributed by atoms with Crippen molar-refractivity contribution < 1.29 is 32.2 Å². The Bertz CT molecular complexity index is 472. The Balaban J connectivity index is 2.05. The third-order valence-electron chi connectivity index (χ3n) is 4.46. The number of rotatable bonds is 2. The molecule has 0 spiro atoms. The molecule has 0 aromatic rings. The van der Waals surface area contributed by atoms with Crippen LogP contribution in [-0.4, -0.2) is 29.8 Å². The second-order valence-electron chi connectivity index (χ2n) is 5.21. The number of alkyl halides is 3. The number of fused-ring (bicyclic) bond motifs is 1. The lowest BCUT2D eigenvalue weighted by Gasteiger charge is -2.40. The molecule has 5 unspecified atom stereocenters. The van der Waals surface area contributed by atoms with Gasteiger partial charge in [-0.2, -0.15) is 13.2 Å². The molecule has 2 saturated carbocycles. The first-order chi connectivity index (χ1) is 8.81. The Kier molecular flexibility index (Phi) is 2.32. The van der Waals surface area contributed by atoms with Gasteiger partial charge in [0.15, 0.2) is 6.10 Å². The molecule has 104 valence electrons. The van der Waals surface area contributed by atoms with Gasteiger partial charge in [-0.15, -0.1) is 0 Å². The van der Waals surface area contributed by atoms with Crippen LogP contribution in [0.4, 0.5) is 13.2 Å². The number of esters is 2. The van der Waals surface area contributed by atoms with E-state index in [1.54, 1.807) is 0 Å². The number of carbonyl (C=O) groups is 2. The fraction of sp³-hybridized carbons (Fsp3) is 0.667. The van der Waals surface area contributed by atoms with E-state index in [2.05, 4.69) is 11.3 Å².